The van der Waals surface area contributed by atoms with Crippen LogP contribution in [0.2, 0.25) is 0 Å². The van der Waals surface area contributed by atoms with Gasteiger partial charge in [0.25, 0.3) is 0 Å². The summed E-state index contributed by atoms with van der Waals surface area (Å²) in [5, 5.41) is 17.3. The average molecular weight is 184 g/mol. The van der Waals surface area contributed by atoms with Crippen molar-refractivity contribution >= 4 is 7.60 Å². The van der Waals surface area contributed by atoms with Crippen LogP contribution in [0.1, 0.15) is 0 Å². The minimum atomic E-state index is -3.16. The molecule has 0 aromatic carbocycles. The molecule has 0 saturated carbocycles. The average Bonchev–Trinajstić information content (AvgIpc) is 2.04. The summed E-state index contributed by atoms with van der Waals surface area (Å²) in [7, 11) is -0.703. The van der Waals surface area contributed by atoms with Crippen LogP contribution in [0.3, 0.4) is 0 Å². The van der Waals surface area contributed by atoms with E-state index >= 15 is 0 Å². The largest absolute Gasteiger partial charge is 0.394 e. The lowest BCUT2D eigenvalue weighted by Gasteiger charge is -2.15. The summed E-state index contributed by atoms with van der Waals surface area (Å²) in [6.07, 6.45) is -1.24. The molecule has 0 aliphatic rings. The molecule has 1 atom stereocenters. The Hall–Kier alpha value is 0.0700. The molecule has 0 bridgehead atoms. The fraction of sp³-hybridized carbons (Fsp3) is 1.00. The van der Waals surface area contributed by atoms with Crippen LogP contribution in [0, 0.1) is 0 Å². The molecule has 0 amide bonds. The van der Waals surface area contributed by atoms with Crippen molar-refractivity contribution in [1.82, 2.24) is 0 Å². The first kappa shape index (κ1) is 11.1. The van der Waals surface area contributed by atoms with Gasteiger partial charge in [-0.05, 0) is 0 Å². The highest BCUT2D eigenvalue weighted by molar-refractivity contribution is 7.53. The Bertz CT molecular complexity index is 140. The molecule has 11 heavy (non-hydrogen) atoms. The number of hydrogen-bond donors (Lipinski definition) is 2. The van der Waals surface area contributed by atoms with Crippen molar-refractivity contribution in [2.24, 2.45) is 0 Å². The monoisotopic (exact) mass is 184 g/mol. The smallest absolute Gasteiger partial charge is 0.332 e. The molecule has 6 heteroatoms. The van der Waals surface area contributed by atoms with Crippen molar-refractivity contribution in [2.45, 2.75) is 6.10 Å². The van der Waals surface area contributed by atoms with Crippen LogP contribution in [-0.2, 0) is 13.6 Å². The highest BCUT2D eigenvalue weighted by atomic mass is 31.2. The molecule has 0 aromatic rings. The highest BCUT2D eigenvalue weighted by Crippen LogP contribution is 2.46. The van der Waals surface area contributed by atoms with Gasteiger partial charge in [0, 0.05) is 14.2 Å². The van der Waals surface area contributed by atoms with Crippen LogP contribution >= 0.6 is 7.60 Å². The summed E-state index contributed by atoms with van der Waals surface area (Å²) >= 11 is 0. The zero-order valence-electron chi connectivity index (χ0n) is 6.56. The van der Waals surface area contributed by atoms with Gasteiger partial charge in [0.05, 0.1) is 18.9 Å². The third-order valence-corrected chi connectivity index (χ3v) is 3.18. The number of aliphatic hydroxyl groups excluding tert-OH is 2. The Morgan fingerprint density at radius 2 is 1.91 bits per heavy atom. The first-order valence-corrected chi connectivity index (χ1v) is 4.80. The first-order chi connectivity index (χ1) is 5.08. The second-order valence-corrected chi connectivity index (χ2v) is 4.31. The van der Waals surface area contributed by atoms with E-state index in [1.54, 1.807) is 0 Å². The zero-order chi connectivity index (χ0) is 8.91. The van der Waals surface area contributed by atoms with Crippen LogP contribution in [0.5, 0.6) is 0 Å². The van der Waals surface area contributed by atoms with E-state index in [0.717, 1.165) is 0 Å². The van der Waals surface area contributed by atoms with Gasteiger partial charge in [0.1, 0.15) is 0 Å². The standard InChI is InChI=1S/C5H13O5P/c1-9-11(8,10-2)4-5(7)3-6/h5-7H,3-4H2,1-2H3. The lowest BCUT2D eigenvalue weighted by Crippen LogP contribution is -2.18. The van der Waals surface area contributed by atoms with E-state index in [1.165, 1.54) is 14.2 Å². The summed E-state index contributed by atoms with van der Waals surface area (Å²) in [5.74, 6) is 0. The summed E-state index contributed by atoms with van der Waals surface area (Å²) < 4.78 is 20.2. The van der Waals surface area contributed by atoms with Crippen molar-refractivity contribution < 1.29 is 23.8 Å². The Morgan fingerprint density at radius 3 is 2.18 bits per heavy atom. The van der Waals surface area contributed by atoms with E-state index in [2.05, 4.69) is 9.05 Å². The third-order valence-electron chi connectivity index (χ3n) is 1.20. The maximum Gasteiger partial charge on any atom is 0.332 e. The van der Waals surface area contributed by atoms with Crippen LogP contribution < -0.4 is 0 Å². The van der Waals surface area contributed by atoms with Gasteiger partial charge in [-0.15, -0.1) is 0 Å². The second-order valence-electron chi connectivity index (χ2n) is 2.00. The van der Waals surface area contributed by atoms with Crippen molar-refractivity contribution in [3.05, 3.63) is 0 Å². The van der Waals surface area contributed by atoms with Crippen molar-refractivity contribution in [2.75, 3.05) is 27.0 Å². The van der Waals surface area contributed by atoms with Gasteiger partial charge in [0.2, 0.25) is 0 Å². The van der Waals surface area contributed by atoms with Gasteiger partial charge in [-0.2, -0.15) is 0 Å². The molecule has 0 fully saturated rings. The molecule has 5 nitrogen and oxygen atoms in total. The quantitative estimate of drug-likeness (QED) is 0.580. The molecule has 2 N–H and O–H groups in total. The van der Waals surface area contributed by atoms with Crippen LogP contribution in [0.25, 0.3) is 0 Å². The van der Waals surface area contributed by atoms with Gasteiger partial charge in [-0.3, -0.25) is 4.57 Å². The molecule has 0 heterocycles. The van der Waals surface area contributed by atoms with Gasteiger partial charge in [-0.25, -0.2) is 0 Å². The Kier molecular flexibility index (Phi) is 4.88. The Labute approximate surface area is 65.5 Å². The maximum absolute atomic E-state index is 11.2. The zero-order valence-corrected chi connectivity index (χ0v) is 7.45. The fourth-order valence-corrected chi connectivity index (χ4v) is 1.62. The van der Waals surface area contributed by atoms with Crippen molar-refractivity contribution in [3.63, 3.8) is 0 Å². The molecule has 0 radical (unpaired) electrons. The minimum Gasteiger partial charge on any atom is -0.394 e. The molecule has 0 spiro atoms. The molecule has 68 valence electrons. The van der Waals surface area contributed by atoms with E-state index in [1.807, 2.05) is 0 Å². The van der Waals surface area contributed by atoms with Gasteiger partial charge < -0.3 is 19.3 Å². The van der Waals surface area contributed by atoms with E-state index in [9.17, 15) is 4.57 Å². The summed E-state index contributed by atoms with van der Waals surface area (Å²) in [5.41, 5.74) is 0. The lowest BCUT2D eigenvalue weighted by atomic mass is 10.4. The van der Waals surface area contributed by atoms with Crippen LogP contribution in [0.4, 0.5) is 0 Å². The molecule has 0 aliphatic heterocycles. The predicted octanol–water partition coefficient (Wildman–Crippen LogP) is -0.175. The fourth-order valence-electron chi connectivity index (χ4n) is 0.539. The van der Waals surface area contributed by atoms with Crippen LogP contribution in [-0.4, -0.2) is 43.3 Å². The van der Waals surface area contributed by atoms with Gasteiger partial charge in [-0.1, -0.05) is 0 Å². The SMILES string of the molecule is COP(=O)(CC(O)CO)OC. The minimum absolute atomic E-state index is 0.184. The Balaban J connectivity index is 3.97. The number of aliphatic hydroxyl groups is 2. The van der Waals surface area contributed by atoms with Gasteiger partial charge >= 0.3 is 7.60 Å². The number of rotatable bonds is 5. The normalized spacial score (nSPS) is 14.9. The Morgan fingerprint density at radius 1 is 1.45 bits per heavy atom. The third kappa shape index (κ3) is 3.84. The maximum atomic E-state index is 11.2. The second kappa shape index (κ2) is 4.85. The summed E-state index contributed by atoms with van der Waals surface area (Å²) in [6, 6.07) is 0. The summed E-state index contributed by atoms with van der Waals surface area (Å²) in [6.45, 7) is -0.448. The molecule has 0 saturated heterocycles. The topological polar surface area (TPSA) is 76.0 Å². The van der Waals surface area contributed by atoms with E-state index in [4.69, 9.17) is 10.2 Å². The molecule has 0 aliphatic carbocycles. The predicted molar refractivity (Wildman–Crippen MR) is 39.6 cm³/mol. The van der Waals surface area contributed by atoms with Crippen molar-refractivity contribution in [1.29, 1.82) is 0 Å². The molecular weight excluding hydrogens is 171 g/mol. The van der Waals surface area contributed by atoms with Gasteiger partial charge in [0.15, 0.2) is 0 Å². The molecular formula is C5H13O5P. The van der Waals surface area contributed by atoms with Crippen LogP contribution in [0.15, 0.2) is 0 Å². The van der Waals surface area contributed by atoms with E-state index in [-0.39, 0.29) is 6.16 Å². The van der Waals surface area contributed by atoms with Crippen molar-refractivity contribution in [3.8, 4) is 0 Å². The van der Waals surface area contributed by atoms with E-state index in [0.29, 0.717) is 0 Å². The highest BCUT2D eigenvalue weighted by Gasteiger charge is 2.24. The molecule has 1 unspecified atom stereocenters. The number of hydrogen-bond acceptors (Lipinski definition) is 5. The van der Waals surface area contributed by atoms with E-state index < -0.39 is 20.3 Å². The molecule has 0 aromatic heterocycles. The molecule has 0 rings (SSSR count). The lowest BCUT2D eigenvalue weighted by molar-refractivity contribution is 0.105. The summed E-state index contributed by atoms with van der Waals surface area (Å²) in [4.78, 5) is 0. The first-order valence-electron chi connectivity index (χ1n) is 3.07.